The van der Waals surface area contributed by atoms with Gasteiger partial charge in [-0.3, -0.25) is 9.59 Å². The molecule has 3 aromatic carbocycles. The van der Waals surface area contributed by atoms with Gasteiger partial charge in [-0.25, -0.2) is 4.39 Å². The van der Waals surface area contributed by atoms with E-state index in [2.05, 4.69) is 5.32 Å². The van der Waals surface area contributed by atoms with Crippen molar-refractivity contribution < 1.29 is 14.0 Å². The van der Waals surface area contributed by atoms with Crippen molar-refractivity contribution in [1.29, 1.82) is 0 Å². The van der Waals surface area contributed by atoms with E-state index in [1.54, 1.807) is 23.1 Å². The lowest BCUT2D eigenvalue weighted by molar-refractivity contribution is -0.141. The normalized spacial score (nSPS) is 14.7. The summed E-state index contributed by atoms with van der Waals surface area (Å²) in [4.78, 5) is 29.2. The van der Waals surface area contributed by atoms with Crippen LogP contribution in [-0.2, 0) is 29.0 Å². The number of amides is 2. The molecular formula is C32H37FN2O2. The highest BCUT2D eigenvalue weighted by molar-refractivity contribution is 5.89. The van der Waals surface area contributed by atoms with Crippen LogP contribution in [-0.4, -0.2) is 28.8 Å². The van der Waals surface area contributed by atoms with E-state index in [1.165, 1.54) is 12.5 Å². The van der Waals surface area contributed by atoms with E-state index in [0.717, 1.165) is 47.9 Å². The van der Waals surface area contributed by atoms with Crippen LogP contribution in [0.15, 0.2) is 72.8 Å². The maximum atomic E-state index is 14.8. The summed E-state index contributed by atoms with van der Waals surface area (Å²) in [6.07, 6.45) is 5.80. The molecule has 0 saturated heterocycles. The zero-order chi connectivity index (χ0) is 26.2. The fourth-order valence-corrected chi connectivity index (χ4v) is 5.10. The molecular weight excluding hydrogens is 463 g/mol. The average Bonchev–Trinajstić information content (AvgIpc) is 2.90. The number of hydrogen-bond donors (Lipinski definition) is 1. The summed E-state index contributed by atoms with van der Waals surface area (Å²) >= 11 is 0. The van der Waals surface area contributed by atoms with Gasteiger partial charge in [0, 0.05) is 24.6 Å². The fourth-order valence-electron chi connectivity index (χ4n) is 5.10. The number of nitrogens with zero attached hydrogens (tertiary/aromatic N) is 1. The van der Waals surface area contributed by atoms with E-state index in [4.69, 9.17) is 0 Å². The third-order valence-electron chi connectivity index (χ3n) is 7.45. The van der Waals surface area contributed by atoms with Crippen molar-refractivity contribution in [1.82, 2.24) is 10.2 Å². The zero-order valence-electron chi connectivity index (χ0n) is 21.9. The Morgan fingerprint density at radius 1 is 0.892 bits per heavy atom. The summed E-state index contributed by atoms with van der Waals surface area (Å²) < 4.78 is 14.8. The maximum absolute atomic E-state index is 14.8. The number of carbonyl (C=O) groups is 2. The number of benzene rings is 3. The first-order valence-corrected chi connectivity index (χ1v) is 13.3. The second-order valence-corrected chi connectivity index (χ2v) is 10.3. The summed E-state index contributed by atoms with van der Waals surface area (Å²) in [5.41, 5.74) is 4.52. The van der Waals surface area contributed by atoms with Crippen molar-refractivity contribution in [3.63, 3.8) is 0 Å². The molecule has 1 aliphatic carbocycles. The summed E-state index contributed by atoms with van der Waals surface area (Å²) in [7, 11) is 0. The molecule has 1 aliphatic rings. The maximum Gasteiger partial charge on any atom is 0.243 e. The Hall–Kier alpha value is -3.47. The second-order valence-electron chi connectivity index (χ2n) is 10.3. The summed E-state index contributed by atoms with van der Waals surface area (Å²) in [5, 5.41) is 3.23. The molecule has 4 nitrogen and oxygen atoms in total. The molecule has 37 heavy (non-hydrogen) atoms. The van der Waals surface area contributed by atoms with Crippen LogP contribution in [0.1, 0.15) is 59.9 Å². The minimum absolute atomic E-state index is 0.0337. The van der Waals surface area contributed by atoms with Crippen molar-refractivity contribution in [3.05, 3.63) is 106 Å². The van der Waals surface area contributed by atoms with Crippen LogP contribution in [0.5, 0.6) is 0 Å². The third-order valence-corrected chi connectivity index (χ3v) is 7.45. The Morgan fingerprint density at radius 2 is 1.59 bits per heavy atom. The first-order valence-electron chi connectivity index (χ1n) is 13.3. The van der Waals surface area contributed by atoms with Gasteiger partial charge in [-0.15, -0.1) is 0 Å². The number of carbonyl (C=O) groups excluding carboxylic acids is 2. The molecule has 3 aromatic rings. The van der Waals surface area contributed by atoms with Gasteiger partial charge in [0.25, 0.3) is 0 Å². The predicted molar refractivity (Wildman–Crippen MR) is 146 cm³/mol. The van der Waals surface area contributed by atoms with E-state index < -0.39 is 6.04 Å². The second kappa shape index (κ2) is 12.7. The largest absolute Gasteiger partial charge is 0.352 e. The summed E-state index contributed by atoms with van der Waals surface area (Å²) in [5.74, 6) is -0.732. The molecule has 1 unspecified atom stereocenters. The van der Waals surface area contributed by atoms with Crippen LogP contribution in [0, 0.1) is 19.7 Å². The molecule has 0 bridgehead atoms. The standard InChI is InChI=1S/C32H37FN2O2/c1-23-17-18-26(19-24(23)2)21-31(36)35(22-27-13-9-10-16-29(27)33)30(20-25-11-5-3-6-12-25)32(37)34-28-14-7-4-8-15-28/h3,5-6,9-13,16-19,28,30H,4,7-8,14-15,20-22H2,1-2H3,(H,34,37). The molecule has 1 fully saturated rings. The van der Waals surface area contributed by atoms with Gasteiger partial charge in [-0.1, -0.05) is 86.0 Å². The van der Waals surface area contributed by atoms with E-state index in [9.17, 15) is 14.0 Å². The van der Waals surface area contributed by atoms with Crippen molar-refractivity contribution in [2.75, 3.05) is 0 Å². The number of rotatable bonds is 9. The first kappa shape index (κ1) is 26.6. The van der Waals surface area contributed by atoms with Crippen LogP contribution in [0.3, 0.4) is 0 Å². The van der Waals surface area contributed by atoms with Crippen LogP contribution >= 0.6 is 0 Å². The Labute approximate surface area is 219 Å². The van der Waals surface area contributed by atoms with Crippen molar-refractivity contribution >= 4 is 11.8 Å². The highest BCUT2D eigenvalue weighted by Crippen LogP contribution is 2.21. The minimum Gasteiger partial charge on any atom is -0.352 e. The molecule has 0 spiro atoms. The quantitative estimate of drug-likeness (QED) is 0.387. The zero-order valence-corrected chi connectivity index (χ0v) is 21.9. The van der Waals surface area contributed by atoms with Crippen LogP contribution in [0.4, 0.5) is 4.39 Å². The molecule has 0 heterocycles. The molecule has 1 atom stereocenters. The summed E-state index contributed by atoms with van der Waals surface area (Å²) in [6, 6.07) is 21.6. The van der Waals surface area contributed by atoms with Gasteiger partial charge in [0.15, 0.2) is 0 Å². The molecule has 4 rings (SSSR count). The third kappa shape index (κ3) is 7.28. The molecule has 1 saturated carbocycles. The molecule has 1 N–H and O–H groups in total. The van der Waals surface area contributed by atoms with Crippen molar-refractivity contribution in [2.45, 2.75) is 77.4 Å². The number of halogens is 1. The lowest BCUT2D eigenvalue weighted by Crippen LogP contribution is -2.53. The molecule has 194 valence electrons. The van der Waals surface area contributed by atoms with E-state index >= 15 is 0 Å². The van der Waals surface area contributed by atoms with E-state index in [0.29, 0.717) is 12.0 Å². The topological polar surface area (TPSA) is 49.4 Å². The number of nitrogens with one attached hydrogen (secondary N) is 1. The van der Waals surface area contributed by atoms with Crippen LogP contribution in [0.25, 0.3) is 0 Å². The van der Waals surface area contributed by atoms with Gasteiger partial charge in [-0.2, -0.15) is 0 Å². The number of aryl methyl sites for hydroxylation is 2. The van der Waals surface area contributed by atoms with Gasteiger partial charge in [0.1, 0.15) is 11.9 Å². The lowest BCUT2D eigenvalue weighted by Gasteiger charge is -2.33. The van der Waals surface area contributed by atoms with Gasteiger partial charge < -0.3 is 10.2 Å². The van der Waals surface area contributed by atoms with Gasteiger partial charge in [0.2, 0.25) is 11.8 Å². The number of hydrogen-bond acceptors (Lipinski definition) is 2. The molecule has 2 amide bonds. The summed E-state index contributed by atoms with van der Waals surface area (Å²) in [6.45, 7) is 4.10. The Balaban J connectivity index is 1.67. The predicted octanol–water partition coefficient (Wildman–Crippen LogP) is 6.07. The average molecular weight is 501 g/mol. The first-order chi connectivity index (χ1) is 17.9. The molecule has 0 aliphatic heterocycles. The van der Waals surface area contributed by atoms with Crippen molar-refractivity contribution in [2.24, 2.45) is 0 Å². The van der Waals surface area contributed by atoms with Crippen LogP contribution < -0.4 is 5.32 Å². The van der Waals surface area contributed by atoms with Gasteiger partial charge in [0.05, 0.1) is 6.42 Å². The fraction of sp³-hybridized carbons (Fsp3) is 0.375. The highest BCUT2D eigenvalue weighted by atomic mass is 19.1. The lowest BCUT2D eigenvalue weighted by atomic mass is 9.94. The minimum atomic E-state index is -0.747. The Bertz CT molecular complexity index is 1200. The van der Waals surface area contributed by atoms with E-state index in [-0.39, 0.29) is 36.6 Å². The Morgan fingerprint density at radius 3 is 2.30 bits per heavy atom. The van der Waals surface area contributed by atoms with Gasteiger partial charge in [-0.05, 0) is 55.0 Å². The monoisotopic (exact) mass is 500 g/mol. The highest BCUT2D eigenvalue weighted by Gasteiger charge is 2.32. The smallest absolute Gasteiger partial charge is 0.243 e. The van der Waals surface area contributed by atoms with Crippen molar-refractivity contribution in [3.8, 4) is 0 Å². The van der Waals surface area contributed by atoms with Crippen LogP contribution in [0.2, 0.25) is 0 Å². The Kier molecular flexibility index (Phi) is 9.10. The molecule has 5 heteroatoms. The van der Waals surface area contributed by atoms with E-state index in [1.807, 2.05) is 62.4 Å². The molecule has 0 aromatic heterocycles. The SMILES string of the molecule is Cc1ccc(CC(=O)N(Cc2ccccc2F)C(Cc2ccccc2)C(=O)NC2CCCCC2)cc1C. The molecule has 0 radical (unpaired) electrons. The van der Waals surface area contributed by atoms with Gasteiger partial charge >= 0.3 is 0 Å².